The number of rotatable bonds is 6. The van der Waals surface area contributed by atoms with Gasteiger partial charge in [0, 0.05) is 30.1 Å². The van der Waals surface area contributed by atoms with E-state index in [1.165, 1.54) is 22.7 Å². The lowest BCUT2D eigenvalue weighted by molar-refractivity contribution is 0.102. The van der Waals surface area contributed by atoms with Crippen molar-refractivity contribution in [1.29, 1.82) is 0 Å². The molecule has 1 amide bonds. The van der Waals surface area contributed by atoms with Crippen LogP contribution in [0.2, 0.25) is 0 Å². The van der Waals surface area contributed by atoms with Crippen LogP contribution in [0, 0.1) is 0 Å². The molecule has 2 aromatic heterocycles. The maximum Gasteiger partial charge on any atom is 0.275 e. The van der Waals surface area contributed by atoms with E-state index in [1.807, 2.05) is 35.7 Å². The van der Waals surface area contributed by atoms with Crippen LogP contribution in [0.5, 0.6) is 0 Å². The average molecular weight is 457 g/mol. The van der Waals surface area contributed by atoms with Crippen molar-refractivity contribution in [3.63, 3.8) is 0 Å². The first-order chi connectivity index (χ1) is 15.1. The molecule has 1 saturated heterocycles. The molecule has 11 heteroatoms. The van der Waals surface area contributed by atoms with E-state index in [2.05, 4.69) is 25.8 Å². The second-order valence-corrected chi connectivity index (χ2v) is 8.90. The third-order valence-corrected chi connectivity index (χ3v) is 6.90. The molecule has 0 bridgehead atoms. The molecule has 4 rings (SSSR count). The molecule has 9 nitrogen and oxygen atoms in total. The topological polar surface area (TPSA) is 148 Å². The van der Waals surface area contributed by atoms with E-state index >= 15 is 0 Å². The third kappa shape index (κ3) is 4.69. The van der Waals surface area contributed by atoms with Crippen LogP contribution in [-0.2, 0) is 0 Å². The van der Waals surface area contributed by atoms with E-state index in [1.54, 1.807) is 5.38 Å². The monoisotopic (exact) mass is 456 g/mol. The number of hydrazone groups is 1. The number of amides is 1. The van der Waals surface area contributed by atoms with E-state index in [-0.39, 0.29) is 17.8 Å². The zero-order chi connectivity index (χ0) is 21.8. The minimum atomic E-state index is -0.259. The Labute approximate surface area is 187 Å². The molecule has 31 heavy (non-hydrogen) atoms. The van der Waals surface area contributed by atoms with Crippen LogP contribution in [0.25, 0.3) is 10.6 Å². The fourth-order valence-corrected chi connectivity index (χ4v) is 5.17. The van der Waals surface area contributed by atoms with Gasteiger partial charge in [0.25, 0.3) is 5.91 Å². The number of carbonyl (C=O) groups is 1. The van der Waals surface area contributed by atoms with Crippen molar-refractivity contribution in [2.24, 2.45) is 22.4 Å². The number of para-hydroxylation sites is 2. The van der Waals surface area contributed by atoms with Gasteiger partial charge in [0.1, 0.15) is 10.7 Å². The first-order valence-corrected chi connectivity index (χ1v) is 11.6. The lowest BCUT2D eigenvalue weighted by Gasteiger charge is -2.33. The summed E-state index contributed by atoms with van der Waals surface area (Å²) in [5.74, 6) is 5.23. The van der Waals surface area contributed by atoms with E-state index in [9.17, 15) is 4.79 Å². The van der Waals surface area contributed by atoms with Crippen LogP contribution in [0.4, 0.5) is 11.4 Å². The molecule has 1 fully saturated rings. The maximum absolute atomic E-state index is 12.9. The number of thiophene rings is 1. The van der Waals surface area contributed by atoms with Gasteiger partial charge in [-0.1, -0.05) is 12.1 Å². The van der Waals surface area contributed by atoms with Gasteiger partial charge < -0.3 is 21.7 Å². The van der Waals surface area contributed by atoms with Crippen LogP contribution in [0.1, 0.15) is 28.2 Å². The molecule has 0 spiro atoms. The molecule has 1 aliphatic rings. The van der Waals surface area contributed by atoms with Crippen LogP contribution < -0.4 is 33.1 Å². The summed E-state index contributed by atoms with van der Waals surface area (Å²) in [5, 5.41) is 11.2. The molecule has 8 N–H and O–H groups in total. The van der Waals surface area contributed by atoms with Gasteiger partial charge in [0.15, 0.2) is 5.84 Å². The highest BCUT2D eigenvalue weighted by Crippen LogP contribution is 2.32. The standard InChI is InChI=1S/C20H24N8OS2/c21-12-5-8-28(9-6-12)16-4-2-1-3-14(16)24-19(29)15-11-31-20(25-15)13-7-10-30-17(13)18(22)26-27-23/h1-4,7,10-12,27H,5-6,8-9,21,23H2,(H2,22,26)(H,24,29). The molecule has 3 aromatic rings. The Kier molecular flexibility index (Phi) is 6.47. The number of nitrogens with two attached hydrogens (primary N) is 3. The van der Waals surface area contributed by atoms with Crippen molar-refractivity contribution in [3.05, 3.63) is 51.7 Å². The number of hydrazine groups is 1. The Morgan fingerprint density at radius 3 is 2.74 bits per heavy atom. The Morgan fingerprint density at radius 1 is 1.19 bits per heavy atom. The molecular formula is C20H24N8OS2. The lowest BCUT2D eigenvalue weighted by atomic mass is 10.0. The van der Waals surface area contributed by atoms with Gasteiger partial charge in [-0.3, -0.25) is 4.79 Å². The van der Waals surface area contributed by atoms with Gasteiger partial charge in [-0.05, 0) is 36.4 Å². The van der Waals surface area contributed by atoms with Gasteiger partial charge in [-0.2, -0.15) is 0 Å². The van der Waals surface area contributed by atoms with E-state index < -0.39 is 0 Å². The first kappa shape index (κ1) is 21.2. The molecular weight excluding hydrogens is 432 g/mol. The Hall–Kier alpha value is -2.99. The molecule has 0 atom stereocenters. The molecule has 0 radical (unpaired) electrons. The summed E-state index contributed by atoms with van der Waals surface area (Å²) in [5.41, 5.74) is 17.1. The minimum absolute atomic E-state index is 0.244. The highest BCUT2D eigenvalue weighted by molar-refractivity contribution is 7.15. The second-order valence-electron chi connectivity index (χ2n) is 7.12. The number of aromatic nitrogens is 1. The molecule has 1 aliphatic heterocycles. The number of amidine groups is 1. The zero-order valence-electron chi connectivity index (χ0n) is 16.7. The number of nitrogens with zero attached hydrogens (tertiary/aromatic N) is 3. The SMILES string of the molecule is NN/N=C(\N)c1sccc1-c1nc(C(=O)Nc2ccccc2N2CCC(N)CC2)cs1. The normalized spacial score (nSPS) is 15.2. The maximum atomic E-state index is 12.9. The molecule has 3 heterocycles. The quantitative estimate of drug-likeness (QED) is 0.165. The van der Waals surface area contributed by atoms with Crippen LogP contribution in [0.15, 0.2) is 46.2 Å². The fourth-order valence-electron chi connectivity index (χ4n) is 3.48. The third-order valence-electron chi connectivity index (χ3n) is 5.08. The molecule has 162 valence electrons. The summed E-state index contributed by atoms with van der Waals surface area (Å²) in [6, 6.07) is 9.95. The summed E-state index contributed by atoms with van der Waals surface area (Å²) < 4.78 is 0. The number of nitrogens with one attached hydrogen (secondary N) is 2. The van der Waals surface area contributed by atoms with Crippen LogP contribution in [0.3, 0.4) is 0 Å². The molecule has 0 saturated carbocycles. The van der Waals surface area contributed by atoms with Gasteiger partial charge in [-0.25, -0.2) is 16.4 Å². The van der Waals surface area contributed by atoms with E-state index in [0.29, 0.717) is 10.7 Å². The number of thiazole rings is 1. The largest absolute Gasteiger partial charge is 0.381 e. The zero-order valence-corrected chi connectivity index (χ0v) is 18.4. The van der Waals surface area contributed by atoms with Gasteiger partial charge in [0.2, 0.25) is 0 Å². The highest BCUT2D eigenvalue weighted by atomic mass is 32.1. The van der Waals surface area contributed by atoms with Crippen molar-refractivity contribution in [1.82, 2.24) is 10.5 Å². The predicted octanol–water partition coefficient (Wildman–Crippen LogP) is 2.13. The van der Waals surface area contributed by atoms with Gasteiger partial charge >= 0.3 is 0 Å². The fraction of sp³-hybridized carbons (Fsp3) is 0.250. The van der Waals surface area contributed by atoms with Crippen molar-refractivity contribution in [3.8, 4) is 10.6 Å². The van der Waals surface area contributed by atoms with E-state index in [0.717, 1.165) is 47.7 Å². The predicted molar refractivity (Wildman–Crippen MR) is 127 cm³/mol. The van der Waals surface area contributed by atoms with Crippen LogP contribution in [-0.4, -0.2) is 35.9 Å². The summed E-state index contributed by atoms with van der Waals surface area (Å²) in [7, 11) is 0. The Balaban J connectivity index is 1.53. The van der Waals surface area contributed by atoms with Crippen molar-refractivity contribution < 1.29 is 4.79 Å². The van der Waals surface area contributed by atoms with E-state index in [4.69, 9.17) is 17.3 Å². The van der Waals surface area contributed by atoms with Crippen molar-refractivity contribution >= 4 is 45.8 Å². The first-order valence-electron chi connectivity index (χ1n) is 9.80. The minimum Gasteiger partial charge on any atom is -0.381 e. The van der Waals surface area contributed by atoms with Gasteiger partial charge in [0.05, 0.1) is 16.3 Å². The van der Waals surface area contributed by atoms with Crippen LogP contribution >= 0.6 is 22.7 Å². The Morgan fingerprint density at radius 2 is 1.97 bits per heavy atom. The summed E-state index contributed by atoms with van der Waals surface area (Å²) in [6.07, 6.45) is 1.87. The summed E-state index contributed by atoms with van der Waals surface area (Å²) in [6.45, 7) is 1.74. The van der Waals surface area contributed by atoms with Gasteiger partial charge in [-0.15, -0.1) is 27.8 Å². The lowest BCUT2D eigenvalue weighted by Crippen LogP contribution is -2.40. The number of hydrogen-bond acceptors (Lipinski definition) is 9. The number of hydrogen-bond donors (Lipinski definition) is 5. The number of piperidine rings is 1. The number of benzene rings is 1. The number of anilines is 2. The smallest absolute Gasteiger partial charge is 0.275 e. The summed E-state index contributed by atoms with van der Waals surface area (Å²) >= 11 is 2.81. The highest BCUT2D eigenvalue weighted by Gasteiger charge is 2.21. The second kappa shape index (κ2) is 9.43. The average Bonchev–Trinajstić information content (AvgIpc) is 3.45. The van der Waals surface area contributed by atoms with Crippen molar-refractivity contribution in [2.75, 3.05) is 23.3 Å². The molecule has 0 aliphatic carbocycles. The molecule has 1 aromatic carbocycles. The summed E-state index contributed by atoms with van der Waals surface area (Å²) in [4.78, 5) is 20.5. The Bertz CT molecular complexity index is 1080. The molecule has 0 unspecified atom stereocenters. The van der Waals surface area contributed by atoms with Crippen molar-refractivity contribution in [2.45, 2.75) is 18.9 Å². The number of carbonyl (C=O) groups excluding carboxylic acids is 1.